The Labute approximate surface area is 160 Å². The van der Waals surface area contributed by atoms with Gasteiger partial charge < -0.3 is 19.1 Å². The van der Waals surface area contributed by atoms with Gasteiger partial charge in [0.05, 0.1) is 17.6 Å². The Morgan fingerprint density at radius 1 is 1.23 bits per heavy atom. The Morgan fingerprint density at radius 2 is 2.04 bits per heavy atom. The Bertz CT molecular complexity index is 872. The first kappa shape index (κ1) is 17.5. The molecule has 0 saturated carbocycles. The molecule has 136 valence electrons. The van der Waals surface area contributed by atoms with Gasteiger partial charge in [-0.05, 0) is 49.2 Å². The van der Waals surface area contributed by atoms with Crippen molar-refractivity contribution in [3.63, 3.8) is 0 Å². The van der Waals surface area contributed by atoms with Gasteiger partial charge in [-0.1, -0.05) is 28.1 Å². The summed E-state index contributed by atoms with van der Waals surface area (Å²) in [6, 6.07) is 15.6. The number of nitrogens with zero attached hydrogens (tertiary/aromatic N) is 2. The third kappa shape index (κ3) is 3.77. The number of aliphatic hydroxyl groups excluding tert-OH is 1. The van der Waals surface area contributed by atoms with E-state index in [1.54, 1.807) is 0 Å². The summed E-state index contributed by atoms with van der Waals surface area (Å²) in [4.78, 5) is 4.76. The molecule has 1 aromatic heterocycles. The molecule has 1 N–H and O–H groups in total. The molecule has 0 bridgehead atoms. The minimum atomic E-state index is -0.642. The van der Waals surface area contributed by atoms with Crippen LogP contribution in [0.2, 0.25) is 0 Å². The van der Waals surface area contributed by atoms with Crippen LogP contribution in [0.3, 0.4) is 0 Å². The van der Waals surface area contributed by atoms with Gasteiger partial charge in [-0.25, -0.2) is 4.98 Å². The number of aromatic nitrogens is 2. The van der Waals surface area contributed by atoms with Crippen molar-refractivity contribution in [3.8, 4) is 5.75 Å². The molecule has 1 aliphatic heterocycles. The maximum absolute atomic E-state index is 10.5. The zero-order chi connectivity index (χ0) is 17.9. The molecule has 4 rings (SSSR count). The summed E-state index contributed by atoms with van der Waals surface area (Å²) in [6.07, 6.45) is 1.37. The van der Waals surface area contributed by atoms with Gasteiger partial charge in [-0.15, -0.1) is 0 Å². The molecule has 26 heavy (non-hydrogen) atoms. The number of benzene rings is 2. The third-order valence-corrected chi connectivity index (χ3v) is 5.08. The first-order valence-corrected chi connectivity index (χ1v) is 9.63. The molecular weight excluding hydrogens is 396 g/mol. The second-order valence-electron chi connectivity index (χ2n) is 6.49. The fraction of sp³-hybridized carbons (Fsp3) is 0.350. The molecule has 6 heteroatoms. The average Bonchev–Trinajstić information content (AvgIpc) is 3.30. The van der Waals surface area contributed by atoms with E-state index in [0.717, 1.165) is 46.5 Å². The van der Waals surface area contributed by atoms with Gasteiger partial charge in [0.15, 0.2) is 0 Å². The summed E-state index contributed by atoms with van der Waals surface area (Å²) >= 11 is 3.40. The molecule has 2 heterocycles. The van der Waals surface area contributed by atoms with Crippen molar-refractivity contribution in [2.24, 2.45) is 0 Å². The van der Waals surface area contributed by atoms with Crippen LogP contribution in [0.4, 0.5) is 0 Å². The van der Waals surface area contributed by atoms with E-state index in [0.29, 0.717) is 6.54 Å². The van der Waals surface area contributed by atoms with Gasteiger partial charge in [0.1, 0.15) is 30.4 Å². The van der Waals surface area contributed by atoms with E-state index < -0.39 is 6.10 Å². The minimum absolute atomic E-state index is 0.00184. The summed E-state index contributed by atoms with van der Waals surface area (Å²) in [7, 11) is 0. The molecule has 3 aromatic rings. The van der Waals surface area contributed by atoms with Gasteiger partial charge in [-0.3, -0.25) is 0 Å². The molecular formula is C20H21BrN2O3. The third-order valence-electron chi connectivity index (χ3n) is 4.55. The second-order valence-corrected chi connectivity index (χ2v) is 7.41. The Hall–Kier alpha value is -1.89. The number of aliphatic hydroxyl groups is 1. The van der Waals surface area contributed by atoms with Crippen LogP contribution in [0.15, 0.2) is 53.0 Å². The lowest BCUT2D eigenvalue weighted by Gasteiger charge is -2.17. The van der Waals surface area contributed by atoms with E-state index in [-0.39, 0.29) is 12.7 Å². The van der Waals surface area contributed by atoms with Crippen LogP contribution in [-0.2, 0) is 11.3 Å². The van der Waals surface area contributed by atoms with Crippen molar-refractivity contribution in [1.82, 2.24) is 9.55 Å². The quantitative estimate of drug-likeness (QED) is 0.657. The maximum Gasteiger partial charge on any atom is 0.139 e. The number of halogens is 1. The van der Waals surface area contributed by atoms with Crippen LogP contribution >= 0.6 is 15.9 Å². The van der Waals surface area contributed by atoms with E-state index in [1.807, 2.05) is 48.5 Å². The number of hydrogen-bond acceptors (Lipinski definition) is 4. The fourth-order valence-electron chi connectivity index (χ4n) is 3.30. The monoisotopic (exact) mass is 416 g/mol. The van der Waals surface area contributed by atoms with E-state index in [4.69, 9.17) is 14.5 Å². The Kier molecular flexibility index (Phi) is 5.24. The number of imidazole rings is 1. The summed E-state index contributed by atoms with van der Waals surface area (Å²) in [5.74, 6) is 1.63. The van der Waals surface area contributed by atoms with Gasteiger partial charge in [0.2, 0.25) is 0 Å². The summed E-state index contributed by atoms with van der Waals surface area (Å²) in [6.45, 7) is 1.41. The average molecular weight is 417 g/mol. The predicted octanol–water partition coefficient (Wildman–Crippen LogP) is 4.09. The molecule has 0 radical (unpaired) electrons. The number of para-hydroxylation sites is 2. The largest absolute Gasteiger partial charge is 0.491 e. The normalized spacial score (nSPS) is 18.3. The number of hydrogen-bond donors (Lipinski definition) is 1. The van der Waals surface area contributed by atoms with Crippen LogP contribution < -0.4 is 4.74 Å². The second kappa shape index (κ2) is 7.78. The van der Waals surface area contributed by atoms with Crippen LogP contribution in [0.25, 0.3) is 11.0 Å². The first-order valence-electron chi connectivity index (χ1n) is 8.84. The molecule has 1 aliphatic rings. The van der Waals surface area contributed by atoms with Crippen molar-refractivity contribution in [1.29, 1.82) is 0 Å². The summed E-state index contributed by atoms with van der Waals surface area (Å²) < 4.78 is 14.6. The molecule has 0 aliphatic carbocycles. The molecule has 0 amide bonds. The van der Waals surface area contributed by atoms with Gasteiger partial charge in [0, 0.05) is 11.1 Å². The highest BCUT2D eigenvalue weighted by molar-refractivity contribution is 9.10. The molecule has 0 spiro atoms. The minimum Gasteiger partial charge on any atom is -0.491 e. The smallest absolute Gasteiger partial charge is 0.139 e. The van der Waals surface area contributed by atoms with Crippen molar-refractivity contribution in [2.45, 2.75) is 31.6 Å². The van der Waals surface area contributed by atoms with Crippen LogP contribution in [0.5, 0.6) is 5.75 Å². The first-order chi connectivity index (χ1) is 12.7. The van der Waals surface area contributed by atoms with Crippen molar-refractivity contribution >= 4 is 27.0 Å². The topological polar surface area (TPSA) is 56.5 Å². The lowest BCUT2D eigenvalue weighted by Crippen LogP contribution is -2.25. The van der Waals surface area contributed by atoms with E-state index in [2.05, 4.69) is 20.5 Å². The number of fused-ring (bicyclic) bond motifs is 1. The molecule has 5 nitrogen and oxygen atoms in total. The van der Waals surface area contributed by atoms with Crippen molar-refractivity contribution < 1.29 is 14.6 Å². The number of ether oxygens (including phenoxy) is 2. The molecule has 2 aromatic carbocycles. The zero-order valence-electron chi connectivity index (χ0n) is 14.3. The van der Waals surface area contributed by atoms with Crippen molar-refractivity contribution in [3.05, 3.63) is 58.8 Å². The van der Waals surface area contributed by atoms with Crippen LogP contribution in [-0.4, -0.2) is 34.0 Å². The van der Waals surface area contributed by atoms with Gasteiger partial charge >= 0.3 is 0 Å². The molecule has 1 saturated heterocycles. The fourth-order valence-corrected chi connectivity index (χ4v) is 3.56. The Morgan fingerprint density at radius 3 is 2.81 bits per heavy atom. The standard InChI is InChI=1S/C20H21BrN2O3/c21-14-7-9-16(10-8-14)26-13-15(24)12-23-18-5-2-1-4-17(18)22-20(23)19-6-3-11-25-19/h1-2,4-5,7-10,15,19,24H,3,6,11-13H2. The highest BCUT2D eigenvalue weighted by Gasteiger charge is 2.25. The molecule has 2 atom stereocenters. The highest BCUT2D eigenvalue weighted by atomic mass is 79.9. The lowest BCUT2D eigenvalue weighted by molar-refractivity contribution is 0.0806. The maximum atomic E-state index is 10.5. The van der Waals surface area contributed by atoms with E-state index in [9.17, 15) is 5.11 Å². The van der Waals surface area contributed by atoms with Crippen molar-refractivity contribution in [2.75, 3.05) is 13.2 Å². The van der Waals surface area contributed by atoms with Gasteiger partial charge in [0.25, 0.3) is 0 Å². The lowest BCUT2D eigenvalue weighted by atomic mass is 10.2. The highest BCUT2D eigenvalue weighted by Crippen LogP contribution is 2.30. The predicted molar refractivity (Wildman–Crippen MR) is 103 cm³/mol. The van der Waals surface area contributed by atoms with E-state index >= 15 is 0 Å². The van der Waals surface area contributed by atoms with E-state index in [1.165, 1.54) is 0 Å². The van der Waals surface area contributed by atoms with Gasteiger partial charge in [-0.2, -0.15) is 0 Å². The SMILES string of the molecule is OC(COc1ccc(Br)cc1)Cn1c(C2CCCO2)nc2ccccc21. The molecule has 1 fully saturated rings. The van der Waals surface area contributed by atoms with Crippen LogP contribution in [0, 0.1) is 0 Å². The summed E-state index contributed by atoms with van der Waals surface area (Å²) in [5, 5.41) is 10.5. The Balaban J connectivity index is 1.51. The molecule has 2 unspecified atom stereocenters. The van der Waals surface area contributed by atoms with Crippen LogP contribution in [0.1, 0.15) is 24.8 Å². The zero-order valence-corrected chi connectivity index (χ0v) is 15.9. The summed E-state index contributed by atoms with van der Waals surface area (Å²) in [5.41, 5.74) is 1.94. The number of rotatable bonds is 6.